The lowest BCUT2D eigenvalue weighted by atomic mass is 9.95. The van der Waals surface area contributed by atoms with Crippen LogP contribution in [-0.2, 0) is 0 Å². The maximum Gasteiger partial charge on any atom is 0.173 e. The van der Waals surface area contributed by atoms with Crippen LogP contribution in [0.25, 0.3) is 0 Å². The summed E-state index contributed by atoms with van der Waals surface area (Å²) in [5.74, 6) is 1.77. The van der Waals surface area contributed by atoms with Gasteiger partial charge < -0.3 is 10.2 Å². The Balaban J connectivity index is 1.68. The summed E-state index contributed by atoms with van der Waals surface area (Å²) in [4.78, 5) is 2.13. The van der Waals surface area contributed by atoms with Crippen molar-refractivity contribution in [3.8, 4) is 0 Å². The predicted octanol–water partition coefficient (Wildman–Crippen LogP) is 3.74. The Labute approximate surface area is 126 Å². The summed E-state index contributed by atoms with van der Waals surface area (Å²) in [7, 11) is 0. The molecule has 3 rings (SSSR count). The topological polar surface area (TPSA) is 15.3 Å². The lowest BCUT2D eigenvalue weighted by Crippen LogP contribution is -2.46. The molecule has 106 valence electrons. The Morgan fingerprint density at radius 3 is 2.70 bits per heavy atom. The number of thiocarbonyl (C=S) groups is 1. The molecule has 3 heteroatoms. The minimum absolute atomic E-state index is 0.581. The molecule has 2 nitrogen and oxygen atoms in total. The Kier molecular flexibility index (Phi) is 4.06. The van der Waals surface area contributed by atoms with Crippen LogP contribution < -0.4 is 10.2 Å². The number of para-hydroxylation sites is 1. The molecule has 2 aliphatic carbocycles. The molecule has 0 aliphatic heterocycles. The van der Waals surface area contributed by atoms with Crippen LogP contribution in [0.1, 0.15) is 25.7 Å². The molecule has 0 spiro atoms. The average Bonchev–Trinajstić information content (AvgIpc) is 3.08. The number of anilines is 1. The van der Waals surface area contributed by atoms with Gasteiger partial charge in [0.1, 0.15) is 0 Å². The number of nitrogens with zero attached hydrogens (tertiary/aromatic N) is 1. The van der Waals surface area contributed by atoms with Crippen molar-refractivity contribution < 1.29 is 0 Å². The molecule has 0 amide bonds. The number of rotatable bonds is 4. The Morgan fingerprint density at radius 1 is 1.30 bits per heavy atom. The van der Waals surface area contributed by atoms with E-state index in [1.807, 2.05) is 24.3 Å². The van der Waals surface area contributed by atoms with Gasteiger partial charge in [-0.15, -0.1) is 6.58 Å². The first kappa shape index (κ1) is 13.6. The van der Waals surface area contributed by atoms with Crippen molar-refractivity contribution in [3.05, 3.63) is 43.0 Å². The molecule has 20 heavy (non-hydrogen) atoms. The van der Waals surface area contributed by atoms with Gasteiger partial charge in [0.05, 0.1) is 0 Å². The molecular weight excluding hydrogens is 264 g/mol. The standard InChI is InChI=1S/C17H22N2S/c1-2-10-19(15-6-4-3-5-7-15)17(20)18-16-12-13-8-9-14(16)11-13/h2-7,13-14,16H,1,8-12H2,(H,18,20)/t13-,14-,16-/m1/s1. The summed E-state index contributed by atoms with van der Waals surface area (Å²) < 4.78 is 0. The van der Waals surface area contributed by atoms with Gasteiger partial charge in [0.25, 0.3) is 0 Å². The number of nitrogens with one attached hydrogen (secondary N) is 1. The fourth-order valence-corrected chi connectivity index (χ4v) is 4.03. The van der Waals surface area contributed by atoms with Gasteiger partial charge in [-0.1, -0.05) is 30.7 Å². The third-order valence-corrected chi connectivity index (χ3v) is 5.01. The molecule has 2 saturated carbocycles. The molecule has 0 aromatic heterocycles. The average molecular weight is 286 g/mol. The van der Waals surface area contributed by atoms with Crippen molar-refractivity contribution in [1.82, 2.24) is 5.32 Å². The summed E-state index contributed by atoms with van der Waals surface area (Å²) in [6, 6.07) is 10.9. The highest BCUT2D eigenvalue weighted by Crippen LogP contribution is 2.44. The van der Waals surface area contributed by atoms with E-state index in [0.29, 0.717) is 6.04 Å². The first-order valence-electron chi connectivity index (χ1n) is 7.52. The summed E-state index contributed by atoms with van der Waals surface area (Å²) in [5, 5.41) is 4.44. The van der Waals surface area contributed by atoms with Crippen molar-refractivity contribution in [2.75, 3.05) is 11.4 Å². The van der Waals surface area contributed by atoms with Crippen LogP contribution in [0.5, 0.6) is 0 Å². The van der Waals surface area contributed by atoms with E-state index in [1.165, 1.54) is 25.7 Å². The van der Waals surface area contributed by atoms with Gasteiger partial charge in [0, 0.05) is 18.3 Å². The zero-order valence-electron chi connectivity index (χ0n) is 11.8. The molecule has 1 aromatic carbocycles. The lowest BCUT2D eigenvalue weighted by molar-refractivity contribution is 0.390. The van der Waals surface area contributed by atoms with E-state index in [2.05, 4.69) is 28.9 Å². The molecule has 0 unspecified atom stereocenters. The summed E-state index contributed by atoms with van der Waals surface area (Å²) in [6.07, 6.45) is 7.39. The summed E-state index contributed by atoms with van der Waals surface area (Å²) in [6.45, 7) is 4.60. The third kappa shape index (κ3) is 2.73. The van der Waals surface area contributed by atoms with Crippen molar-refractivity contribution >= 4 is 23.0 Å². The van der Waals surface area contributed by atoms with E-state index in [-0.39, 0.29) is 0 Å². The maximum atomic E-state index is 5.64. The van der Waals surface area contributed by atoms with Gasteiger partial charge in [0.15, 0.2) is 5.11 Å². The van der Waals surface area contributed by atoms with E-state index in [4.69, 9.17) is 12.2 Å². The molecular formula is C17H22N2S. The Hall–Kier alpha value is -1.35. The van der Waals surface area contributed by atoms with Crippen LogP contribution in [0.2, 0.25) is 0 Å². The fraction of sp³-hybridized carbons (Fsp3) is 0.471. The minimum Gasteiger partial charge on any atom is -0.359 e. The second-order valence-corrected chi connectivity index (χ2v) is 6.35. The smallest absolute Gasteiger partial charge is 0.173 e. The van der Waals surface area contributed by atoms with Gasteiger partial charge in [-0.2, -0.15) is 0 Å². The molecule has 1 N–H and O–H groups in total. The molecule has 2 aliphatic rings. The molecule has 2 bridgehead atoms. The normalized spacial score (nSPS) is 27.3. The first-order chi connectivity index (χ1) is 9.78. The quantitative estimate of drug-likeness (QED) is 0.670. The monoisotopic (exact) mass is 286 g/mol. The second kappa shape index (κ2) is 5.96. The van der Waals surface area contributed by atoms with Crippen LogP contribution in [0.15, 0.2) is 43.0 Å². The van der Waals surface area contributed by atoms with Crippen molar-refractivity contribution in [3.63, 3.8) is 0 Å². The Morgan fingerprint density at radius 2 is 2.10 bits per heavy atom. The van der Waals surface area contributed by atoms with Gasteiger partial charge in [0.2, 0.25) is 0 Å². The molecule has 3 atom stereocenters. The van der Waals surface area contributed by atoms with Crippen LogP contribution in [0.3, 0.4) is 0 Å². The van der Waals surface area contributed by atoms with Gasteiger partial charge in [-0.05, 0) is 55.4 Å². The molecule has 0 saturated heterocycles. The third-order valence-electron chi connectivity index (χ3n) is 4.67. The van der Waals surface area contributed by atoms with E-state index < -0.39 is 0 Å². The highest BCUT2D eigenvalue weighted by molar-refractivity contribution is 7.80. The van der Waals surface area contributed by atoms with Crippen LogP contribution in [-0.4, -0.2) is 17.7 Å². The highest BCUT2D eigenvalue weighted by atomic mass is 32.1. The van der Waals surface area contributed by atoms with Crippen LogP contribution >= 0.6 is 12.2 Å². The highest BCUT2D eigenvalue weighted by Gasteiger charge is 2.40. The molecule has 2 fully saturated rings. The van der Waals surface area contributed by atoms with Crippen molar-refractivity contribution in [2.24, 2.45) is 11.8 Å². The summed E-state index contributed by atoms with van der Waals surface area (Å²) >= 11 is 5.64. The van der Waals surface area contributed by atoms with E-state index in [1.54, 1.807) is 0 Å². The first-order valence-corrected chi connectivity index (χ1v) is 7.92. The van der Waals surface area contributed by atoms with Crippen molar-refractivity contribution in [2.45, 2.75) is 31.7 Å². The number of hydrogen-bond donors (Lipinski definition) is 1. The molecule has 0 radical (unpaired) electrons. The number of benzene rings is 1. The maximum absolute atomic E-state index is 5.64. The zero-order valence-corrected chi connectivity index (χ0v) is 12.6. The minimum atomic E-state index is 0.581. The Bertz CT molecular complexity index is 485. The van der Waals surface area contributed by atoms with E-state index in [9.17, 15) is 0 Å². The second-order valence-electron chi connectivity index (χ2n) is 5.97. The predicted molar refractivity (Wildman–Crippen MR) is 89.0 cm³/mol. The number of fused-ring (bicyclic) bond motifs is 2. The molecule has 0 heterocycles. The lowest BCUT2D eigenvalue weighted by Gasteiger charge is -2.30. The number of hydrogen-bond acceptors (Lipinski definition) is 1. The fourth-order valence-electron chi connectivity index (χ4n) is 3.70. The van der Waals surface area contributed by atoms with Crippen molar-refractivity contribution in [1.29, 1.82) is 0 Å². The van der Waals surface area contributed by atoms with E-state index >= 15 is 0 Å². The van der Waals surface area contributed by atoms with Gasteiger partial charge >= 0.3 is 0 Å². The van der Waals surface area contributed by atoms with Gasteiger partial charge in [-0.3, -0.25) is 0 Å². The largest absolute Gasteiger partial charge is 0.359 e. The van der Waals surface area contributed by atoms with Crippen LogP contribution in [0.4, 0.5) is 5.69 Å². The van der Waals surface area contributed by atoms with E-state index in [0.717, 1.165) is 29.2 Å². The summed E-state index contributed by atoms with van der Waals surface area (Å²) in [5.41, 5.74) is 1.13. The SMILES string of the molecule is C=CCN(C(=S)N[C@@H]1C[C@@H]2CC[C@@H]1C2)c1ccccc1. The molecule has 1 aromatic rings. The van der Waals surface area contributed by atoms with Gasteiger partial charge in [-0.25, -0.2) is 0 Å². The van der Waals surface area contributed by atoms with Crippen LogP contribution in [0, 0.1) is 11.8 Å². The zero-order chi connectivity index (χ0) is 13.9.